The van der Waals surface area contributed by atoms with Gasteiger partial charge in [-0.1, -0.05) is 18.2 Å². The normalized spacial score (nSPS) is 19.5. The molecule has 0 aromatic heterocycles. The molecule has 0 spiro atoms. The van der Waals surface area contributed by atoms with Gasteiger partial charge in [-0.3, -0.25) is 4.79 Å². The van der Waals surface area contributed by atoms with Crippen molar-refractivity contribution in [2.24, 2.45) is 5.10 Å². The van der Waals surface area contributed by atoms with Crippen molar-refractivity contribution in [3.8, 4) is 0 Å². The van der Waals surface area contributed by atoms with Crippen LogP contribution in [0.3, 0.4) is 0 Å². The number of amides is 1. The summed E-state index contributed by atoms with van der Waals surface area (Å²) in [4.78, 5) is 14.1. The first kappa shape index (κ1) is 12.8. The fourth-order valence-corrected chi connectivity index (χ4v) is 2.01. The van der Waals surface area contributed by atoms with Gasteiger partial charge in [0.15, 0.2) is 0 Å². The number of hydrogen-bond donors (Lipinski definition) is 1. The Morgan fingerprint density at radius 1 is 1.22 bits per heavy atom. The van der Waals surface area contributed by atoms with Gasteiger partial charge in [0.25, 0.3) is 5.91 Å². The van der Waals surface area contributed by atoms with Gasteiger partial charge in [0, 0.05) is 24.2 Å². The van der Waals surface area contributed by atoms with Crippen LogP contribution < -0.4 is 5.43 Å². The molecule has 1 saturated heterocycles. The van der Waals surface area contributed by atoms with Crippen LogP contribution >= 0.6 is 0 Å². The molecule has 1 aliphatic heterocycles. The minimum absolute atomic E-state index is 0.138. The summed E-state index contributed by atoms with van der Waals surface area (Å²) >= 11 is 0. The van der Waals surface area contributed by atoms with Crippen LogP contribution in [0.1, 0.15) is 29.6 Å². The third-order valence-electron chi connectivity index (χ3n) is 3.14. The maximum Gasteiger partial charge on any atom is 0.271 e. The Balaban J connectivity index is 1.92. The molecule has 1 aromatic carbocycles. The van der Waals surface area contributed by atoms with Crippen LogP contribution in [-0.2, 0) is 0 Å². The Kier molecular flexibility index (Phi) is 4.47. The summed E-state index contributed by atoms with van der Waals surface area (Å²) in [5.41, 5.74) is 4.37. The van der Waals surface area contributed by atoms with Gasteiger partial charge in [-0.15, -0.1) is 0 Å². The van der Waals surface area contributed by atoms with Crippen LogP contribution in [0.5, 0.6) is 0 Å². The van der Waals surface area contributed by atoms with E-state index in [4.69, 9.17) is 0 Å². The highest BCUT2D eigenvalue weighted by molar-refractivity contribution is 5.95. The maximum absolute atomic E-state index is 11.8. The molecule has 96 valence electrons. The number of likely N-dealkylation sites (tertiary alicyclic amines) is 1. The molecular weight excluding hydrogens is 226 g/mol. The summed E-state index contributed by atoms with van der Waals surface area (Å²) < 4.78 is 0. The monoisotopic (exact) mass is 245 g/mol. The van der Waals surface area contributed by atoms with E-state index in [0.29, 0.717) is 5.56 Å². The summed E-state index contributed by atoms with van der Waals surface area (Å²) in [6, 6.07) is 9.17. The molecule has 0 saturated carbocycles. The van der Waals surface area contributed by atoms with Crippen LogP contribution in [0.2, 0.25) is 0 Å². The van der Waals surface area contributed by atoms with Gasteiger partial charge in [0.05, 0.1) is 0 Å². The van der Waals surface area contributed by atoms with Gasteiger partial charge in [-0.2, -0.15) is 5.10 Å². The Morgan fingerprint density at radius 2 is 2.00 bits per heavy atom. The zero-order valence-corrected chi connectivity index (χ0v) is 10.7. The molecule has 1 fully saturated rings. The number of nitrogens with zero attached hydrogens (tertiary/aromatic N) is 2. The lowest BCUT2D eigenvalue weighted by molar-refractivity contribution is 0.0954. The second-order valence-electron chi connectivity index (χ2n) is 4.64. The van der Waals surface area contributed by atoms with Crippen molar-refractivity contribution in [1.29, 1.82) is 0 Å². The summed E-state index contributed by atoms with van der Waals surface area (Å²) in [6.07, 6.45) is 3.02. The van der Waals surface area contributed by atoms with Crippen molar-refractivity contribution < 1.29 is 4.79 Å². The molecule has 1 amide bonds. The van der Waals surface area contributed by atoms with Crippen LogP contribution in [0.4, 0.5) is 0 Å². The Morgan fingerprint density at radius 3 is 2.78 bits per heavy atom. The molecule has 18 heavy (non-hydrogen) atoms. The van der Waals surface area contributed by atoms with Gasteiger partial charge in [0.1, 0.15) is 0 Å². The topological polar surface area (TPSA) is 44.7 Å². The molecular formula is C14H19N3O. The first-order valence-corrected chi connectivity index (χ1v) is 6.35. The molecule has 0 atom stereocenters. The van der Waals surface area contributed by atoms with E-state index in [0.717, 1.165) is 38.1 Å². The Hall–Kier alpha value is -1.68. The summed E-state index contributed by atoms with van der Waals surface area (Å²) in [5.74, 6) is -0.138. The summed E-state index contributed by atoms with van der Waals surface area (Å²) in [7, 11) is 2.12. The smallest absolute Gasteiger partial charge is 0.271 e. The van der Waals surface area contributed by atoms with Crippen LogP contribution in [0.15, 0.2) is 35.4 Å². The van der Waals surface area contributed by atoms with Crippen molar-refractivity contribution in [2.75, 3.05) is 20.1 Å². The Labute approximate surface area is 108 Å². The van der Waals surface area contributed by atoms with E-state index in [1.165, 1.54) is 0 Å². The lowest BCUT2D eigenvalue weighted by Crippen LogP contribution is -2.21. The minimum atomic E-state index is -0.138. The molecule has 1 aliphatic rings. The van der Waals surface area contributed by atoms with Crippen LogP contribution in [-0.4, -0.2) is 36.7 Å². The van der Waals surface area contributed by atoms with Crippen molar-refractivity contribution in [3.63, 3.8) is 0 Å². The average molecular weight is 245 g/mol. The fraction of sp³-hybridized carbons (Fsp3) is 0.429. The predicted octanol–water partition coefficient (Wildman–Crippen LogP) is 1.89. The zero-order chi connectivity index (χ0) is 12.8. The summed E-state index contributed by atoms with van der Waals surface area (Å²) in [6.45, 7) is 2.12. The molecule has 2 rings (SSSR count). The standard InChI is InChI=1S/C14H19N3O/c1-17-10-5-8-13(9-11-17)15-16-14(18)12-6-3-2-4-7-12/h2-4,6-7H,5,8-11H2,1H3,(H,16,18)/b15-13+. The highest BCUT2D eigenvalue weighted by Crippen LogP contribution is 2.06. The fourth-order valence-electron chi connectivity index (χ4n) is 2.01. The quantitative estimate of drug-likeness (QED) is 0.809. The van der Waals surface area contributed by atoms with E-state index < -0.39 is 0 Å². The van der Waals surface area contributed by atoms with E-state index in [-0.39, 0.29) is 5.91 Å². The number of carbonyl (C=O) groups excluding carboxylic acids is 1. The van der Waals surface area contributed by atoms with Gasteiger partial charge < -0.3 is 4.90 Å². The molecule has 1 N–H and O–H groups in total. The molecule has 4 heteroatoms. The van der Waals surface area contributed by atoms with E-state index in [9.17, 15) is 4.79 Å². The lowest BCUT2D eigenvalue weighted by Gasteiger charge is -2.10. The predicted molar refractivity (Wildman–Crippen MR) is 72.7 cm³/mol. The van der Waals surface area contributed by atoms with Crippen molar-refractivity contribution in [2.45, 2.75) is 19.3 Å². The van der Waals surface area contributed by atoms with Gasteiger partial charge in [-0.25, -0.2) is 5.43 Å². The first-order chi connectivity index (χ1) is 8.75. The number of rotatable bonds is 2. The summed E-state index contributed by atoms with van der Waals surface area (Å²) in [5, 5.41) is 4.24. The first-order valence-electron chi connectivity index (χ1n) is 6.35. The largest absolute Gasteiger partial charge is 0.306 e. The molecule has 0 radical (unpaired) electrons. The third-order valence-corrected chi connectivity index (χ3v) is 3.14. The van der Waals surface area contributed by atoms with Crippen molar-refractivity contribution in [3.05, 3.63) is 35.9 Å². The maximum atomic E-state index is 11.8. The molecule has 4 nitrogen and oxygen atoms in total. The molecule has 0 bridgehead atoms. The van der Waals surface area contributed by atoms with Crippen molar-refractivity contribution in [1.82, 2.24) is 10.3 Å². The average Bonchev–Trinajstić information content (AvgIpc) is 2.62. The van der Waals surface area contributed by atoms with Gasteiger partial charge in [-0.05, 0) is 38.6 Å². The highest BCUT2D eigenvalue weighted by Gasteiger charge is 2.10. The Bertz CT molecular complexity index is 428. The van der Waals surface area contributed by atoms with Crippen molar-refractivity contribution >= 4 is 11.6 Å². The van der Waals surface area contributed by atoms with E-state index in [2.05, 4.69) is 22.5 Å². The highest BCUT2D eigenvalue weighted by atomic mass is 16.2. The molecule has 0 unspecified atom stereocenters. The number of carbonyl (C=O) groups is 1. The second-order valence-corrected chi connectivity index (χ2v) is 4.64. The molecule has 1 heterocycles. The zero-order valence-electron chi connectivity index (χ0n) is 10.7. The number of hydrazone groups is 1. The van der Waals surface area contributed by atoms with Gasteiger partial charge >= 0.3 is 0 Å². The SMILES string of the molecule is CN1CCC/C(=N\NC(=O)c2ccccc2)CC1. The van der Waals surface area contributed by atoms with E-state index in [1.54, 1.807) is 12.1 Å². The molecule has 0 aliphatic carbocycles. The second kappa shape index (κ2) is 6.31. The molecule has 1 aromatic rings. The minimum Gasteiger partial charge on any atom is -0.306 e. The number of hydrogen-bond acceptors (Lipinski definition) is 3. The number of nitrogens with one attached hydrogen (secondary N) is 1. The number of benzene rings is 1. The van der Waals surface area contributed by atoms with E-state index >= 15 is 0 Å². The lowest BCUT2D eigenvalue weighted by atomic mass is 10.2. The van der Waals surface area contributed by atoms with Crippen LogP contribution in [0.25, 0.3) is 0 Å². The van der Waals surface area contributed by atoms with E-state index in [1.807, 2.05) is 18.2 Å². The third kappa shape index (κ3) is 3.67. The van der Waals surface area contributed by atoms with Crippen LogP contribution in [0, 0.1) is 0 Å². The van der Waals surface area contributed by atoms with Gasteiger partial charge in [0.2, 0.25) is 0 Å².